The Morgan fingerprint density at radius 1 is 1.11 bits per heavy atom. The molecular weight excluding hydrogens is 340 g/mol. The maximum atomic E-state index is 12.3. The van der Waals surface area contributed by atoms with Gasteiger partial charge in [-0.15, -0.1) is 0 Å². The molecule has 0 saturated carbocycles. The number of hydrogen-bond donors (Lipinski definition) is 1. The highest BCUT2D eigenvalue weighted by Gasteiger charge is 2.20. The minimum atomic E-state index is 0.0255. The van der Waals surface area contributed by atoms with Crippen LogP contribution in [0.3, 0.4) is 0 Å². The van der Waals surface area contributed by atoms with Gasteiger partial charge in [0.15, 0.2) is 11.5 Å². The minimum Gasteiger partial charge on any atom is -0.493 e. The van der Waals surface area contributed by atoms with Crippen molar-refractivity contribution in [1.29, 1.82) is 0 Å². The number of fused-ring (bicyclic) bond motifs is 1. The first-order valence-electron chi connectivity index (χ1n) is 9.41. The number of carbonyl (C=O) groups is 1. The van der Waals surface area contributed by atoms with Crippen LogP contribution in [0, 0.1) is 0 Å². The van der Waals surface area contributed by atoms with Crippen molar-refractivity contribution in [3.63, 3.8) is 0 Å². The van der Waals surface area contributed by atoms with Crippen molar-refractivity contribution in [2.45, 2.75) is 32.4 Å². The maximum absolute atomic E-state index is 12.3. The molecule has 3 rings (SSSR count). The number of nitrogens with zero attached hydrogens (tertiary/aromatic N) is 1. The smallest absolute Gasteiger partial charge is 0.221 e. The summed E-state index contributed by atoms with van der Waals surface area (Å²) >= 11 is 0. The van der Waals surface area contributed by atoms with E-state index >= 15 is 0 Å². The Balaban J connectivity index is 1.53. The summed E-state index contributed by atoms with van der Waals surface area (Å²) in [6.45, 7) is 4.55. The van der Waals surface area contributed by atoms with Crippen LogP contribution in [0.25, 0.3) is 0 Å². The summed E-state index contributed by atoms with van der Waals surface area (Å²) in [7, 11) is 3.32. The summed E-state index contributed by atoms with van der Waals surface area (Å²) in [6, 6.07) is 14.2. The molecule has 0 aromatic heterocycles. The van der Waals surface area contributed by atoms with Gasteiger partial charge in [0.05, 0.1) is 20.3 Å². The van der Waals surface area contributed by atoms with E-state index in [0.29, 0.717) is 6.42 Å². The number of carbonyl (C=O) groups excluding carboxylic acids is 1. The normalized spacial score (nSPS) is 14.9. The largest absolute Gasteiger partial charge is 0.493 e. The van der Waals surface area contributed by atoms with Crippen molar-refractivity contribution in [2.24, 2.45) is 0 Å². The third kappa shape index (κ3) is 4.80. The summed E-state index contributed by atoms with van der Waals surface area (Å²) in [5.74, 6) is 1.62. The molecule has 1 heterocycles. The van der Waals surface area contributed by atoms with Gasteiger partial charge in [-0.3, -0.25) is 9.69 Å². The molecule has 144 valence electrons. The molecule has 5 heteroatoms. The average Bonchev–Trinajstić information content (AvgIpc) is 2.71. The number of benzene rings is 2. The predicted octanol–water partition coefficient (Wildman–Crippen LogP) is 3.33. The van der Waals surface area contributed by atoms with Crippen molar-refractivity contribution in [1.82, 2.24) is 10.2 Å². The molecular formula is C22H28N2O3. The van der Waals surface area contributed by atoms with Crippen LogP contribution in [0.1, 0.15) is 36.1 Å². The summed E-state index contributed by atoms with van der Waals surface area (Å²) in [5.41, 5.74) is 3.67. The number of ether oxygens (including phenoxy) is 2. The molecule has 0 spiro atoms. The van der Waals surface area contributed by atoms with Gasteiger partial charge in [-0.05, 0) is 42.2 Å². The molecule has 1 aliphatic heterocycles. The standard InChI is InChI=1S/C22H28N2O3/c1-16(17-7-5-4-6-8-17)23-22(25)10-12-24-11-9-18-13-20(26-2)21(27-3)14-19(18)15-24/h4-8,13-14,16H,9-12,15H2,1-3H3,(H,23,25). The van der Waals surface area contributed by atoms with E-state index in [1.165, 1.54) is 11.1 Å². The first-order chi connectivity index (χ1) is 13.1. The van der Waals surface area contributed by atoms with Crippen LogP contribution >= 0.6 is 0 Å². The van der Waals surface area contributed by atoms with E-state index in [2.05, 4.69) is 22.3 Å². The topological polar surface area (TPSA) is 50.8 Å². The Hall–Kier alpha value is -2.53. The molecule has 27 heavy (non-hydrogen) atoms. The van der Waals surface area contributed by atoms with Gasteiger partial charge in [0.1, 0.15) is 0 Å². The molecule has 0 saturated heterocycles. The lowest BCUT2D eigenvalue weighted by molar-refractivity contribution is -0.122. The number of amides is 1. The first kappa shape index (κ1) is 19.2. The van der Waals surface area contributed by atoms with E-state index in [9.17, 15) is 4.79 Å². The predicted molar refractivity (Wildman–Crippen MR) is 106 cm³/mol. The molecule has 1 amide bonds. The van der Waals surface area contributed by atoms with E-state index in [4.69, 9.17) is 9.47 Å². The van der Waals surface area contributed by atoms with Crippen LogP contribution in [0.5, 0.6) is 11.5 Å². The summed E-state index contributed by atoms with van der Waals surface area (Å²) in [5, 5.41) is 3.09. The lowest BCUT2D eigenvalue weighted by atomic mass is 9.98. The van der Waals surface area contributed by atoms with Crippen LogP contribution in [-0.4, -0.2) is 38.1 Å². The second-order valence-electron chi connectivity index (χ2n) is 6.95. The van der Waals surface area contributed by atoms with Crippen LogP contribution in [0.2, 0.25) is 0 Å². The van der Waals surface area contributed by atoms with Crippen molar-refractivity contribution in [3.05, 3.63) is 59.2 Å². The summed E-state index contributed by atoms with van der Waals surface area (Å²) < 4.78 is 10.8. The molecule has 1 N–H and O–H groups in total. The molecule has 0 aliphatic carbocycles. The minimum absolute atomic E-state index is 0.0255. The molecule has 1 unspecified atom stereocenters. The Bertz CT molecular complexity index is 777. The molecule has 5 nitrogen and oxygen atoms in total. The number of hydrogen-bond acceptors (Lipinski definition) is 4. The average molecular weight is 368 g/mol. The molecule has 1 atom stereocenters. The van der Waals surface area contributed by atoms with Crippen molar-refractivity contribution < 1.29 is 14.3 Å². The Morgan fingerprint density at radius 2 is 1.78 bits per heavy atom. The van der Waals surface area contributed by atoms with Crippen LogP contribution in [0.15, 0.2) is 42.5 Å². The third-order valence-electron chi connectivity index (χ3n) is 5.13. The van der Waals surface area contributed by atoms with E-state index in [0.717, 1.165) is 43.1 Å². The van der Waals surface area contributed by atoms with Crippen LogP contribution in [-0.2, 0) is 17.8 Å². The van der Waals surface area contributed by atoms with E-state index < -0.39 is 0 Å². The first-order valence-corrected chi connectivity index (χ1v) is 9.41. The quantitative estimate of drug-likeness (QED) is 0.814. The van der Waals surface area contributed by atoms with Crippen LogP contribution < -0.4 is 14.8 Å². The van der Waals surface area contributed by atoms with E-state index in [1.54, 1.807) is 14.2 Å². The van der Waals surface area contributed by atoms with Gasteiger partial charge in [-0.25, -0.2) is 0 Å². The highest BCUT2D eigenvalue weighted by Crippen LogP contribution is 2.33. The molecule has 2 aromatic rings. The lowest BCUT2D eigenvalue weighted by Gasteiger charge is -2.29. The van der Waals surface area contributed by atoms with Crippen LogP contribution in [0.4, 0.5) is 0 Å². The molecule has 2 aromatic carbocycles. The van der Waals surface area contributed by atoms with Gasteiger partial charge in [-0.1, -0.05) is 30.3 Å². The fourth-order valence-electron chi connectivity index (χ4n) is 3.53. The Labute approximate surface area is 161 Å². The Morgan fingerprint density at radius 3 is 2.44 bits per heavy atom. The maximum Gasteiger partial charge on any atom is 0.221 e. The van der Waals surface area contributed by atoms with Gasteiger partial charge >= 0.3 is 0 Å². The SMILES string of the molecule is COc1cc2c(cc1OC)CN(CCC(=O)NC(C)c1ccccc1)CC2. The van der Waals surface area contributed by atoms with Crippen molar-refractivity contribution >= 4 is 5.91 Å². The van der Waals surface area contributed by atoms with Gasteiger partial charge in [0, 0.05) is 26.1 Å². The molecule has 1 aliphatic rings. The molecule has 0 fully saturated rings. The second-order valence-corrected chi connectivity index (χ2v) is 6.95. The highest BCUT2D eigenvalue weighted by molar-refractivity contribution is 5.76. The van der Waals surface area contributed by atoms with Gasteiger partial charge in [0.2, 0.25) is 5.91 Å². The number of rotatable bonds is 7. The van der Waals surface area contributed by atoms with Crippen molar-refractivity contribution in [3.8, 4) is 11.5 Å². The zero-order chi connectivity index (χ0) is 19.2. The molecule has 0 bridgehead atoms. The van der Waals surface area contributed by atoms with Crippen molar-refractivity contribution in [2.75, 3.05) is 27.3 Å². The van der Waals surface area contributed by atoms with E-state index in [-0.39, 0.29) is 11.9 Å². The number of nitrogens with one attached hydrogen (secondary N) is 1. The Kier molecular flexibility index (Phi) is 6.35. The number of methoxy groups -OCH3 is 2. The molecule has 0 radical (unpaired) electrons. The van der Waals surface area contributed by atoms with Gasteiger partial charge < -0.3 is 14.8 Å². The third-order valence-corrected chi connectivity index (χ3v) is 5.13. The van der Waals surface area contributed by atoms with Gasteiger partial charge in [0.25, 0.3) is 0 Å². The highest BCUT2D eigenvalue weighted by atomic mass is 16.5. The lowest BCUT2D eigenvalue weighted by Crippen LogP contribution is -2.35. The zero-order valence-electron chi connectivity index (χ0n) is 16.3. The second kappa shape index (κ2) is 8.91. The summed E-state index contributed by atoms with van der Waals surface area (Å²) in [4.78, 5) is 14.6. The monoisotopic (exact) mass is 368 g/mol. The zero-order valence-corrected chi connectivity index (χ0v) is 16.3. The van der Waals surface area contributed by atoms with Gasteiger partial charge in [-0.2, -0.15) is 0 Å². The summed E-state index contributed by atoms with van der Waals surface area (Å²) in [6.07, 6.45) is 1.46. The fourth-order valence-corrected chi connectivity index (χ4v) is 3.53. The van der Waals surface area contributed by atoms with E-state index in [1.807, 2.05) is 37.3 Å². The fraction of sp³-hybridized carbons (Fsp3) is 0.409.